The first kappa shape index (κ1) is 19.1. The average molecular weight is 364 g/mol. The molecule has 5 heteroatoms. The van der Waals surface area contributed by atoms with Crippen LogP contribution in [-0.4, -0.2) is 21.9 Å². The van der Waals surface area contributed by atoms with Crippen LogP contribution in [0.4, 0.5) is 5.69 Å². The first-order valence-corrected chi connectivity index (χ1v) is 9.26. The molecular formula is C22H28N4O. The normalized spacial score (nSPS) is 13.0. The van der Waals surface area contributed by atoms with E-state index in [0.29, 0.717) is 6.42 Å². The molecule has 0 saturated heterocycles. The van der Waals surface area contributed by atoms with Crippen LogP contribution in [0.15, 0.2) is 36.5 Å². The molecule has 0 radical (unpaired) electrons. The Kier molecular flexibility index (Phi) is 5.07. The first-order chi connectivity index (χ1) is 12.6. The van der Waals surface area contributed by atoms with E-state index in [1.807, 2.05) is 44.3 Å². The molecule has 0 spiro atoms. The third-order valence-electron chi connectivity index (χ3n) is 4.62. The van der Waals surface area contributed by atoms with Crippen molar-refractivity contribution in [2.24, 2.45) is 11.1 Å². The van der Waals surface area contributed by atoms with Gasteiger partial charge in [0.25, 0.3) is 0 Å². The molecule has 1 atom stereocenters. The van der Waals surface area contributed by atoms with E-state index in [1.54, 1.807) is 0 Å². The molecule has 0 unspecified atom stereocenters. The average Bonchev–Trinajstić information content (AvgIpc) is 2.93. The van der Waals surface area contributed by atoms with Crippen molar-refractivity contribution in [1.82, 2.24) is 9.97 Å². The Morgan fingerprint density at radius 2 is 1.93 bits per heavy atom. The molecule has 5 nitrogen and oxygen atoms in total. The Morgan fingerprint density at radius 3 is 2.59 bits per heavy atom. The number of aromatic amines is 1. The van der Waals surface area contributed by atoms with E-state index in [2.05, 4.69) is 42.1 Å². The van der Waals surface area contributed by atoms with Crippen molar-refractivity contribution in [3.63, 3.8) is 0 Å². The minimum absolute atomic E-state index is 0.0118. The molecule has 142 valence electrons. The van der Waals surface area contributed by atoms with E-state index < -0.39 is 6.04 Å². The number of anilines is 1. The molecule has 1 aromatic carbocycles. The lowest BCUT2D eigenvalue weighted by Gasteiger charge is -2.22. The maximum Gasteiger partial charge on any atom is 0.241 e. The smallest absolute Gasteiger partial charge is 0.241 e. The number of carbonyl (C=O) groups excluding carboxylic acids is 1. The molecule has 0 fully saturated rings. The number of aromatic nitrogens is 2. The summed E-state index contributed by atoms with van der Waals surface area (Å²) in [5.74, 6) is -0.148. The Hall–Kier alpha value is -2.66. The number of rotatable bonds is 4. The van der Waals surface area contributed by atoms with Crippen molar-refractivity contribution in [3.05, 3.63) is 47.8 Å². The van der Waals surface area contributed by atoms with Gasteiger partial charge in [-0.3, -0.25) is 4.79 Å². The highest BCUT2D eigenvalue weighted by molar-refractivity contribution is 5.97. The van der Waals surface area contributed by atoms with Crippen LogP contribution in [-0.2, 0) is 4.79 Å². The highest BCUT2D eigenvalue weighted by Crippen LogP contribution is 2.31. The minimum atomic E-state index is -0.521. The highest BCUT2D eigenvalue weighted by Gasteiger charge is 2.21. The van der Waals surface area contributed by atoms with E-state index in [0.717, 1.165) is 39.1 Å². The van der Waals surface area contributed by atoms with Gasteiger partial charge in [-0.15, -0.1) is 0 Å². The first-order valence-electron chi connectivity index (χ1n) is 9.26. The van der Waals surface area contributed by atoms with Gasteiger partial charge in [0.15, 0.2) is 0 Å². The summed E-state index contributed by atoms with van der Waals surface area (Å²) in [4.78, 5) is 20.1. The van der Waals surface area contributed by atoms with Crippen molar-refractivity contribution in [3.8, 4) is 11.1 Å². The number of nitrogens with two attached hydrogens (primary N) is 1. The van der Waals surface area contributed by atoms with Crippen LogP contribution in [0.25, 0.3) is 22.2 Å². The Balaban J connectivity index is 1.85. The Labute approximate surface area is 160 Å². The van der Waals surface area contributed by atoms with E-state index in [4.69, 9.17) is 5.73 Å². The van der Waals surface area contributed by atoms with Crippen LogP contribution in [0.2, 0.25) is 0 Å². The van der Waals surface area contributed by atoms with Gasteiger partial charge in [-0.05, 0) is 66.6 Å². The number of nitrogens with one attached hydrogen (secondary N) is 2. The van der Waals surface area contributed by atoms with Gasteiger partial charge in [0.2, 0.25) is 5.91 Å². The molecule has 1 amide bonds. The molecular weight excluding hydrogens is 336 g/mol. The summed E-state index contributed by atoms with van der Waals surface area (Å²) < 4.78 is 0. The number of aryl methyl sites for hydroxylation is 2. The summed E-state index contributed by atoms with van der Waals surface area (Å²) in [5, 5.41) is 4.04. The second-order valence-electron chi connectivity index (χ2n) is 8.46. The molecule has 0 aliphatic carbocycles. The Bertz CT molecular complexity index is 982. The number of amides is 1. The van der Waals surface area contributed by atoms with Crippen LogP contribution < -0.4 is 11.1 Å². The van der Waals surface area contributed by atoms with Crippen molar-refractivity contribution >= 4 is 22.6 Å². The van der Waals surface area contributed by atoms with Gasteiger partial charge in [-0.1, -0.05) is 26.8 Å². The molecule has 0 saturated carbocycles. The summed E-state index contributed by atoms with van der Waals surface area (Å²) in [7, 11) is 0. The zero-order valence-electron chi connectivity index (χ0n) is 16.7. The van der Waals surface area contributed by atoms with Gasteiger partial charge in [0.05, 0.1) is 6.04 Å². The number of fused-ring (bicyclic) bond motifs is 1. The fourth-order valence-corrected chi connectivity index (χ4v) is 3.42. The van der Waals surface area contributed by atoms with Crippen molar-refractivity contribution in [1.29, 1.82) is 0 Å². The van der Waals surface area contributed by atoms with Crippen LogP contribution in [0.3, 0.4) is 0 Å². The largest absolute Gasteiger partial charge is 0.344 e. The van der Waals surface area contributed by atoms with Crippen molar-refractivity contribution in [2.45, 2.75) is 47.1 Å². The zero-order chi connectivity index (χ0) is 19.8. The summed E-state index contributed by atoms with van der Waals surface area (Å²) in [5.41, 5.74) is 12.1. The van der Waals surface area contributed by atoms with E-state index in [1.165, 1.54) is 0 Å². The van der Waals surface area contributed by atoms with Crippen molar-refractivity contribution in [2.75, 3.05) is 5.32 Å². The third-order valence-corrected chi connectivity index (χ3v) is 4.62. The molecule has 3 rings (SSSR count). The van der Waals surface area contributed by atoms with Crippen LogP contribution in [0, 0.1) is 19.3 Å². The van der Waals surface area contributed by atoms with Crippen LogP contribution in [0.1, 0.15) is 38.4 Å². The molecule has 0 bridgehead atoms. The lowest BCUT2D eigenvalue weighted by Crippen LogP contribution is -2.38. The van der Waals surface area contributed by atoms with Crippen LogP contribution in [0.5, 0.6) is 0 Å². The lowest BCUT2D eigenvalue weighted by molar-refractivity contribution is -0.118. The molecule has 2 heterocycles. The van der Waals surface area contributed by atoms with E-state index in [9.17, 15) is 4.79 Å². The van der Waals surface area contributed by atoms with Gasteiger partial charge < -0.3 is 16.0 Å². The predicted octanol–water partition coefficient (Wildman–Crippen LogP) is 4.55. The second kappa shape index (κ2) is 7.16. The van der Waals surface area contributed by atoms with Gasteiger partial charge >= 0.3 is 0 Å². The summed E-state index contributed by atoms with van der Waals surface area (Å²) in [6.45, 7) is 10.3. The lowest BCUT2D eigenvalue weighted by atomic mass is 9.88. The summed E-state index contributed by atoms with van der Waals surface area (Å²) in [6, 6.07) is 9.57. The topological polar surface area (TPSA) is 83.8 Å². The molecule has 0 aliphatic heterocycles. The number of H-pyrrole nitrogens is 1. The molecule has 0 aliphatic rings. The fraction of sp³-hybridized carbons (Fsp3) is 0.364. The van der Waals surface area contributed by atoms with Gasteiger partial charge in [-0.25, -0.2) is 4.98 Å². The highest BCUT2D eigenvalue weighted by atomic mass is 16.2. The molecule has 2 aromatic heterocycles. The zero-order valence-corrected chi connectivity index (χ0v) is 16.7. The maximum atomic E-state index is 12.4. The van der Waals surface area contributed by atoms with Gasteiger partial charge in [0.1, 0.15) is 5.65 Å². The maximum absolute atomic E-state index is 12.4. The second-order valence-corrected chi connectivity index (χ2v) is 8.46. The third kappa shape index (κ3) is 4.37. The number of hydrogen-bond donors (Lipinski definition) is 3. The molecule has 4 N–H and O–H groups in total. The van der Waals surface area contributed by atoms with E-state index >= 15 is 0 Å². The van der Waals surface area contributed by atoms with Crippen LogP contribution >= 0.6 is 0 Å². The summed E-state index contributed by atoms with van der Waals surface area (Å²) >= 11 is 0. The fourth-order valence-electron chi connectivity index (χ4n) is 3.42. The SMILES string of the molecule is Cc1cc2c(-c3ccc(NC(=O)[C@H](N)CC(C)(C)C)cc3C)ccnc2[nH]1. The van der Waals surface area contributed by atoms with Gasteiger partial charge in [0, 0.05) is 23.0 Å². The number of pyridine rings is 1. The minimum Gasteiger partial charge on any atom is -0.344 e. The predicted molar refractivity (Wildman–Crippen MR) is 112 cm³/mol. The van der Waals surface area contributed by atoms with Crippen molar-refractivity contribution < 1.29 is 4.79 Å². The standard InChI is InChI=1S/C22H28N4O/c1-13-10-15(26-21(27)19(23)12-22(3,4)5)6-7-16(13)17-8-9-24-20-18(17)11-14(2)25-20/h6-11,19H,12,23H2,1-5H3,(H,24,25)(H,26,27)/t19-/m1/s1. The van der Waals surface area contributed by atoms with Gasteiger partial charge in [-0.2, -0.15) is 0 Å². The number of benzene rings is 1. The Morgan fingerprint density at radius 1 is 1.19 bits per heavy atom. The monoisotopic (exact) mass is 364 g/mol. The molecule has 27 heavy (non-hydrogen) atoms. The quantitative estimate of drug-likeness (QED) is 0.635. The number of nitrogens with zero attached hydrogens (tertiary/aromatic N) is 1. The molecule has 3 aromatic rings. The number of hydrogen-bond acceptors (Lipinski definition) is 3. The summed E-state index contributed by atoms with van der Waals surface area (Å²) in [6.07, 6.45) is 2.45. The number of carbonyl (C=O) groups is 1. The van der Waals surface area contributed by atoms with E-state index in [-0.39, 0.29) is 11.3 Å².